The number of aryl methyl sites for hydroxylation is 1. The number of hydrogen-bond acceptors (Lipinski definition) is 1. The van der Waals surface area contributed by atoms with Crippen LogP contribution in [-0.2, 0) is 6.54 Å². The van der Waals surface area contributed by atoms with Crippen LogP contribution in [-0.4, -0.2) is 0 Å². The molecule has 0 N–H and O–H groups in total. The predicted molar refractivity (Wildman–Crippen MR) is 37.0 cm³/mol. The van der Waals surface area contributed by atoms with E-state index in [1.54, 1.807) is 0 Å². The third kappa shape index (κ3) is 1.32. The molecule has 2 nitrogen and oxygen atoms in total. The minimum atomic E-state index is 0.437. The van der Waals surface area contributed by atoms with Crippen LogP contribution in [0.15, 0.2) is 24.4 Å². The van der Waals surface area contributed by atoms with Crippen LogP contribution >= 0.6 is 0 Å². The molecule has 0 radical (unpaired) electrons. The zero-order valence-corrected chi connectivity index (χ0v) is 5.91. The molecule has 10 heavy (non-hydrogen) atoms. The lowest BCUT2D eigenvalue weighted by Crippen LogP contribution is -2.35. The maximum absolute atomic E-state index is 8.37. The highest BCUT2D eigenvalue weighted by atomic mass is 14.9. The molecule has 0 aromatic carbocycles. The average Bonchev–Trinajstić information content (AvgIpc) is 1.94. The van der Waals surface area contributed by atoms with Crippen LogP contribution in [0.3, 0.4) is 0 Å². The largest absolute Gasteiger partial charge is 0.234 e. The lowest BCUT2D eigenvalue weighted by molar-refractivity contribution is -0.691. The number of pyridine rings is 1. The van der Waals surface area contributed by atoms with Crippen molar-refractivity contribution in [3.63, 3.8) is 0 Å². The number of hydrogen-bond donors (Lipinski definition) is 0. The number of aromatic nitrogens is 1. The van der Waals surface area contributed by atoms with Crippen molar-refractivity contribution in [1.82, 2.24) is 0 Å². The first-order valence-electron chi connectivity index (χ1n) is 3.16. The SMILES string of the molecule is Cc1cccc[n+]1CC#N. The minimum absolute atomic E-state index is 0.437. The van der Waals surface area contributed by atoms with E-state index in [0.29, 0.717) is 6.54 Å². The van der Waals surface area contributed by atoms with Crippen molar-refractivity contribution in [1.29, 1.82) is 5.26 Å². The molecule has 1 aromatic heterocycles. The molecule has 1 aromatic rings. The van der Waals surface area contributed by atoms with Crippen molar-refractivity contribution in [3.05, 3.63) is 30.1 Å². The summed E-state index contributed by atoms with van der Waals surface area (Å²) in [5.41, 5.74) is 1.11. The van der Waals surface area contributed by atoms with E-state index >= 15 is 0 Å². The molecule has 50 valence electrons. The second kappa shape index (κ2) is 2.98. The van der Waals surface area contributed by atoms with Gasteiger partial charge in [-0.15, -0.1) is 0 Å². The molecular formula is C8H9N2+. The first-order valence-corrected chi connectivity index (χ1v) is 3.16. The van der Waals surface area contributed by atoms with Gasteiger partial charge < -0.3 is 0 Å². The lowest BCUT2D eigenvalue weighted by Gasteiger charge is -1.91. The molecule has 0 aliphatic rings. The van der Waals surface area contributed by atoms with Gasteiger partial charge in [-0.1, -0.05) is 6.07 Å². The summed E-state index contributed by atoms with van der Waals surface area (Å²) in [5, 5.41) is 8.37. The Morgan fingerprint density at radius 3 is 3.00 bits per heavy atom. The third-order valence-electron chi connectivity index (χ3n) is 1.41. The van der Waals surface area contributed by atoms with Crippen LogP contribution in [0.4, 0.5) is 0 Å². The molecule has 1 rings (SSSR count). The molecule has 0 atom stereocenters. The minimum Gasteiger partial charge on any atom is -0.191 e. The Morgan fingerprint density at radius 1 is 1.60 bits per heavy atom. The average molecular weight is 133 g/mol. The normalized spacial score (nSPS) is 8.80. The molecule has 0 aliphatic heterocycles. The Hall–Kier alpha value is -1.36. The summed E-state index contributed by atoms with van der Waals surface area (Å²) in [5.74, 6) is 0. The van der Waals surface area contributed by atoms with Gasteiger partial charge in [0.2, 0.25) is 6.54 Å². The van der Waals surface area contributed by atoms with Gasteiger partial charge in [-0.05, 0) is 0 Å². The van der Waals surface area contributed by atoms with Gasteiger partial charge in [-0.25, -0.2) is 0 Å². The van der Waals surface area contributed by atoms with E-state index in [1.807, 2.05) is 35.9 Å². The van der Waals surface area contributed by atoms with Gasteiger partial charge in [-0.2, -0.15) is 9.83 Å². The topological polar surface area (TPSA) is 27.7 Å². The van der Waals surface area contributed by atoms with E-state index in [1.165, 1.54) is 0 Å². The van der Waals surface area contributed by atoms with Crippen molar-refractivity contribution in [2.75, 3.05) is 0 Å². The fourth-order valence-electron chi connectivity index (χ4n) is 0.815. The predicted octanol–water partition coefficient (Wildman–Crippen LogP) is 0.806. The van der Waals surface area contributed by atoms with Crippen molar-refractivity contribution >= 4 is 0 Å². The zero-order chi connectivity index (χ0) is 7.40. The van der Waals surface area contributed by atoms with Crippen molar-refractivity contribution in [2.45, 2.75) is 13.5 Å². The maximum Gasteiger partial charge on any atom is 0.234 e. The summed E-state index contributed by atoms with van der Waals surface area (Å²) in [4.78, 5) is 0. The number of rotatable bonds is 1. The van der Waals surface area contributed by atoms with Crippen LogP contribution in [0.25, 0.3) is 0 Å². The van der Waals surface area contributed by atoms with Gasteiger partial charge in [-0.3, -0.25) is 0 Å². The summed E-state index contributed by atoms with van der Waals surface area (Å²) in [6, 6.07) is 7.95. The monoisotopic (exact) mass is 133 g/mol. The molecule has 0 spiro atoms. The van der Waals surface area contributed by atoms with Gasteiger partial charge in [0, 0.05) is 19.1 Å². The highest BCUT2D eigenvalue weighted by Gasteiger charge is 2.00. The Kier molecular flexibility index (Phi) is 2.01. The zero-order valence-electron chi connectivity index (χ0n) is 5.91. The van der Waals surface area contributed by atoms with Crippen molar-refractivity contribution < 1.29 is 4.57 Å². The lowest BCUT2D eigenvalue weighted by atomic mass is 10.3. The molecule has 0 amide bonds. The van der Waals surface area contributed by atoms with E-state index in [4.69, 9.17) is 5.26 Å². The molecule has 0 aliphatic carbocycles. The van der Waals surface area contributed by atoms with Crippen LogP contribution in [0.1, 0.15) is 5.69 Å². The quantitative estimate of drug-likeness (QED) is 0.521. The molecular weight excluding hydrogens is 124 g/mol. The van der Waals surface area contributed by atoms with E-state index in [9.17, 15) is 0 Å². The summed E-state index contributed by atoms with van der Waals surface area (Å²) in [6.45, 7) is 2.42. The molecule has 0 saturated heterocycles. The summed E-state index contributed by atoms with van der Waals surface area (Å²) >= 11 is 0. The molecule has 2 heteroatoms. The summed E-state index contributed by atoms with van der Waals surface area (Å²) in [6.07, 6.45) is 1.90. The van der Waals surface area contributed by atoms with Crippen LogP contribution in [0.2, 0.25) is 0 Å². The van der Waals surface area contributed by atoms with Crippen LogP contribution in [0.5, 0.6) is 0 Å². The summed E-state index contributed by atoms with van der Waals surface area (Å²) in [7, 11) is 0. The van der Waals surface area contributed by atoms with E-state index < -0.39 is 0 Å². The van der Waals surface area contributed by atoms with Gasteiger partial charge in [0.05, 0.1) is 0 Å². The number of nitrogens with zero attached hydrogens (tertiary/aromatic N) is 2. The van der Waals surface area contributed by atoms with Gasteiger partial charge in [0.15, 0.2) is 11.9 Å². The number of nitriles is 1. The smallest absolute Gasteiger partial charge is 0.191 e. The fraction of sp³-hybridized carbons (Fsp3) is 0.250. The van der Waals surface area contributed by atoms with E-state index in [-0.39, 0.29) is 0 Å². The van der Waals surface area contributed by atoms with Crippen molar-refractivity contribution in [3.8, 4) is 6.07 Å². The van der Waals surface area contributed by atoms with Gasteiger partial charge >= 0.3 is 0 Å². The first kappa shape index (κ1) is 6.76. The first-order chi connectivity index (χ1) is 4.84. The molecule has 0 bridgehead atoms. The van der Waals surface area contributed by atoms with E-state index in [2.05, 4.69) is 6.07 Å². The van der Waals surface area contributed by atoms with Crippen molar-refractivity contribution in [2.24, 2.45) is 0 Å². The Bertz CT molecular complexity index is 260. The van der Waals surface area contributed by atoms with E-state index in [0.717, 1.165) is 5.69 Å². The maximum atomic E-state index is 8.37. The Morgan fingerprint density at radius 2 is 2.40 bits per heavy atom. The highest BCUT2D eigenvalue weighted by Crippen LogP contribution is 1.85. The van der Waals surface area contributed by atoms with Gasteiger partial charge in [0.1, 0.15) is 6.07 Å². The third-order valence-corrected chi connectivity index (χ3v) is 1.41. The highest BCUT2D eigenvalue weighted by molar-refractivity contribution is 4.94. The van der Waals surface area contributed by atoms with Crippen LogP contribution in [0, 0.1) is 18.3 Å². The van der Waals surface area contributed by atoms with Gasteiger partial charge in [0.25, 0.3) is 0 Å². The summed E-state index contributed by atoms with van der Waals surface area (Å²) < 4.78 is 1.90. The standard InChI is InChI=1S/C8H9N2/c1-8-4-2-3-6-10(8)7-5-9/h2-4,6H,7H2,1H3/q+1. The molecule has 0 saturated carbocycles. The second-order valence-corrected chi connectivity index (χ2v) is 2.13. The molecule has 0 fully saturated rings. The Balaban J connectivity index is 2.94. The molecule has 1 heterocycles. The van der Waals surface area contributed by atoms with Crippen LogP contribution < -0.4 is 4.57 Å². The fourth-order valence-corrected chi connectivity index (χ4v) is 0.815. The Labute approximate surface area is 60.3 Å². The second-order valence-electron chi connectivity index (χ2n) is 2.13. The molecule has 0 unspecified atom stereocenters.